The third-order valence-electron chi connectivity index (χ3n) is 2.38. The Labute approximate surface area is 115 Å². The van der Waals surface area contributed by atoms with Gasteiger partial charge in [-0.25, -0.2) is 4.98 Å². The number of ether oxygens (including phenoxy) is 1. The van der Waals surface area contributed by atoms with Crippen molar-refractivity contribution in [3.05, 3.63) is 25.4 Å². The molecule has 5 heteroatoms. The zero-order valence-electron chi connectivity index (χ0n) is 10.8. The molecule has 0 saturated carbocycles. The van der Waals surface area contributed by atoms with E-state index in [9.17, 15) is 4.79 Å². The number of nitrogens with one attached hydrogen (secondary N) is 1. The highest BCUT2D eigenvalue weighted by Crippen LogP contribution is 2.22. The van der Waals surface area contributed by atoms with Gasteiger partial charge in [-0.2, -0.15) is 0 Å². The van der Waals surface area contributed by atoms with E-state index in [4.69, 9.17) is 4.74 Å². The predicted molar refractivity (Wildman–Crippen MR) is 76.5 cm³/mol. The van der Waals surface area contributed by atoms with Crippen LogP contribution in [0.5, 0.6) is 0 Å². The summed E-state index contributed by atoms with van der Waals surface area (Å²) < 4.78 is 5.68. The Morgan fingerprint density at radius 3 is 2.59 bits per heavy atom. The minimum absolute atomic E-state index is 0.0436. The smallest absolute Gasteiger partial charge is 0.264 e. The molecule has 0 unspecified atom stereocenters. The number of rotatable bonds is 4. The first-order chi connectivity index (χ1) is 7.86. The number of aromatic nitrogens is 2. The maximum Gasteiger partial charge on any atom is 0.264 e. The molecular weight excluding hydrogens is 331 g/mol. The number of nitrogens with zero attached hydrogens (tertiary/aromatic N) is 1. The first-order valence-electron chi connectivity index (χ1n) is 5.64. The molecular formula is C12H19IN2O2. The molecule has 1 rings (SSSR count). The van der Waals surface area contributed by atoms with Crippen molar-refractivity contribution >= 4 is 22.6 Å². The van der Waals surface area contributed by atoms with Crippen molar-refractivity contribution < 1.29 is 4.74 Å². The Hall–Kier alpha value is -0.430. The molecule has 4 nitrogen and oxygen atoms in total. The molecule has 0 aromatic carbocycles. The molecule has 0 radical (unpaired) electrons. The average molecular weight is 350 g/mol. The van der Waals surface area contributed by atoms with Gasteiger partial charge in [0.25, 0.3) is 5.56 Å². The number of hydrogen-bond donors (Lipinski definition) is 1. The van der Waals surface area contributed by atoms with E-state index in [1.165, 1.54) is 0 Å². The van der Waals surface area contributed by atoms with Crippen LogP contribution in [0.15, 0.2) is 4.79 Å². The molecule has 1 aromatic rings. The van der Waals surface area contributed by atoms with Crippen molar-refractivity contribution in [1.82, 2.24) is 9.97 Å². The maximum absolute atomic E-state index is 11.8. The number of methoxy groups -OCH3 is 1. The van der Waals surface area contributed by atoms with Crippen LogP contribution in [0, 0.1) is 3.57 Å². The van der Waals surface area contributed by atoms with Gasteiger partial charge in [0.15, 0.2) is 0 Å². The van der Waals surface area contributed by atoms with Crippen molar-refractivity contribution in [2.45, 2.75) is 39.0 Å². The number of hydrogen-bond acceptors (Lipinski definition) is 3. The molecule has 1 aromatic heterocycles. The van der Waals surface area contributed by atoms with Crippen LogP contribution in [-0.2, 0) is 16.6 Å². The van der Waals surface area contributed by atoms with Gasteiger partial charge in [-0.1, -0.05) is 20.8 Å². The van der Waals surface area contributed by atoms with E-state index >= 15 is 0 Å². The first-order valence-corrected chi connectivity index (χ1v) is 6.72. The molecule has 0 aliphatic rings. The van der Waals surface area contributed by atoms with E-state index < -0.39 is 0 Å². The molecule has 0 amide bonds. The van der Waals surface area contributed by atoms with Gasteiger partial charge < -0.3 is 9.72 Å². The molecule has 17 heavy (non-hydrogen) atoms. The Bertz CT molecular complexity index is 435. The fourth-order valence-corrected chi connectivity index (χ4v) is 2.57. The van der Waals surface area contributed by atoms with Crippen LogP contribution >= 0.6 is 22.6 Å². The summed E-state index contributed by atoms with van der Waals surface area (Å²) in [4.78, 5) is 19.2. The number of H-pyrrole nitrogens is 1. The molecule has 1 heterocycles. The van der Waals surface area contributed by atoms with Crippen LogP contribution in [0.1, 0.15) is 38.7 Å². The summed E-state index contributed by atoms with van der Waals surface area (Å²) in [6.45, 7) is 6.88. The van der Waals surface area contributed by atoms with Crippen LogP contribution in [0.3, 0.4) is 0 Å². The summed E-state index contributed by atoms with van der Waals surface area (Å²) in [5.74, 6) is 0.748. The zero-order valence-corrected chi connectivity index (χ0v) is 12.9. The quantitative estimate of drug-likeness (QED) is 0.670. The second-order valence-electron chi connectivity index (χ2n) is 5.02. The molecule has 96 valence electrons. The van der Waals surface area contributed by atoms with Gasteiger partial charge in [-0.05, 0) is 29.0 Å². The highest BCUT2D eigenvalue weighted by atomic mass is 127. The van der Waals surface area contributed by atoms with E-state index in [0.29, 0.717) is 10.2 Å². The second kappa shape index (κ2) is 5.95. The third kappa shape index (κ3) is 4.06. The maximum atomic E-state index is 11.8. The molecule has 0 spiro atoms. The second-order valence-corrected chi connectivity index (χ2v) is 6.10. The summed E-state index contributed by atoms with van der Waals surface area (Å²) >= 11 is 2.06. The Morgan fingerprint density at radius 1 is 1.41 bits per heavy atom. The lowest BCUT2D eigenvalue weighted by molar-refractivity contribution is 0.194. The Balaban J connectivity index is 3.03. The fourth-order valence-electron chi connectivity index (χ4n) is 1.50. The zero-order chi connectivity index (χ0) is 13.1. The highest BCUT2D eigenvalue weighted by Gasteiger charge is 2.21. The Kier molecular flexibility index (Phi) is 5.12. The van der Waals surface area contributed by atoms with Crippen molar-refractivity contribution in [3.8, 4) is 0 Å². The highest BCUT2D eigenvalue weighted by molar-refractivity contribution is 14.1. The van der Waals surface area contributed by atoms with Crippen LogP contribution in [0.4, 0.5) is 0 Å². The van der Waals surface area contributed by atoms with E-state index in [1.807, 2.05) is 0 Å². The molecule has 0 fully saturated rings. The lowest BCUT2D eigenvalue weighted by Crippen LogP contribution is -2.25. The molecule has 0 saturated heterocycles. The topological polar surface area (TPSA) is 55.0 Å². The van der Waals surface area contributed by atoms with Gasteiger partial charge in [0.1, 0.15) is 9.39 Å². The van der Waals surface area contributed by atoms with Gasteiger partial charge in [0.2, 0.25) is 0 Å². The fraction of sp³-hybridized carbons (Fsp3) is 0.667. The SMILES string of the molecule is COCCCc1nc(C(C)(C)C)c(I)c(=O)[nH]1. The van der Waals surface area contributed by atoms with Crippen LogP contribution < -0.4 is 5.56 Å². The standard InChI is InChI=1S/C12H19IN2O2/c1-12(2,3)10-9(13)11(16)15-8(14-10)6-5-7-17-4/h5-7H2,1-4H3,(H,14,15,16). The normalized spacial score (nSPS) is 11.8. The lowest BCUT2D eigenvalue weighted by Gasteiger charge is -2.19. The van der Waals surface area contributed by atoms with Crippen molar-refractivity contribution in [1.29, 1.82) is 0 Å². The van der Waals surface area contributed by atoms with E-state index in [1.54, 1.807) is 7.11 Å². The average Bonchev–Trinajstić information content (AvgIpc) is 2.21. The summed E-state index contributed by atoms with van der Waals surface area (Å²) in [7, 11) is 1.67. The van der Waals surface area contributed by atoms with Crippen molar-refractivity contribution in [2.75, 3.05) is 13.7 Å². The van der Waals surface area contributed by atoms with E-state index in [2.05, 4.69) is 53.3 Å². The molecule has 0 bridgehead atoms. The number of aryl methyl sites for hydroxylation is 1. The van der Waals surface area contributed by atoms with E-state index in [0.717, 1.165) is 24.4 Å². The number of aromatic amines is 1. The van der Waals surface area contributed by atoms with Gasteiger partial charge in [-0.3, -0.25) is 4.79 Å². The van der Waals surface area contributed by atoms with Crippen molar-refractivity contribution in [3.63, 3.8) is 0 Å². The van der Waals surface area contributed by atoms with Crippen LogP contribution in [0.2, 0.25) is 0 Å². The third-order valence-corrected chi connectivity index (χ3v) is 3.39. The predicted octanol–water partition coefficient (Wildman–Crippen LogP) is 2.25. The largest absolute Gasteiger partial charge is 0.385 e. The molecule has 0 atom stereocenters. The van der Waals surface area contributed by atoms with Gasteiger partial charge >= 0.3 is 0 Å². The minimum atomic E-state index is -0.110. The molecule has 0 aliphatic heterocycles. The Morgan fingerprint density at radius 2 is 2.06 bits per heavy atom. The van der Waals surface area contributed by atoms with Gasteiger partial charge in [0, 0.05) is 25.6 Å². The van der Waals surface area contributed by atoms with Crippen LogP contribution in [0.25, 0.3) is 0 Å². The summed E-state index contributed by atoms with van der Waals surface area (Å²) in [5.41, 5.74) is 0.716. The summed E-state index contributed by atoms with van der Waals surface area (Å²) in [5, 5.41) is 0. The molecule has 1 N–H and O–H groups in total. The van der Waals surface area contributed by atoms with Gasteiger partial charge in [0.05, 0.1) is 5.69 Å². The monoisotopic (exact) mass is 350 g/mol. The molecule has 0 aliphatic carbocycles. The first kappa shape index (κ1) is 14.6. The summed E-state index contributed by atoms with van der Waals surface area (Å²) in [6, 6.07) is 0. The lowest BCUT2D eigenvalue weighted by atomic mass is 9.92. The summed E-state index contributed by atoms with van der Waals surface area (Å²) in [6.07, 6.45) is 1.60. The van der Waals surface area contributed by atoms with Crippen LogP contribution in [-0.4, -0.2) is 23.7 Å². The van der Waals surface area contributed by atoms with E-state index in [-0.39, 0.29) is 11.0 Å². The van der Waals surface area contributed by atoms with Gasteiger partial charge in [-0.15, -0.1) is 0 Å². The minimum Gasteiger partial charge on any atom is -0.385 e. The van der Waals surface area contributed by atoms with Crippen molar-refractivity contribution in [2.24, 2.45) is 0 Å². The number of halogens is 1.